The van der Waals surface area contributed by atoms with E-state index in [-0.39, 0.29) is 17.0 Å². The van der Waals surface area contributed by atoms with Gasteiger partial charge in [-0.25, -0.2) is 21.9 Å². The number of benzene rings is 1. The normalized spacial score (nSPS) is 12.6. The number of sulfonamides is 1. The molecule has 120 valence electrons. The molecule has 2 rings (SSSR count). The summed E-state index contributed by atoms with van der Waals surface area (Å²) in [5.41, 5.74) is -2.27. The number of thiophene rings is 1. The first-order valence-corrected chi connectivity index (χ1v) is 8.11. The first-order chi connectivity index (χ1) is 10.1. The van der Waals surface area contributed by atoms with Gasteiger partial charge in [-0.15, -0.1) is 0 Å². The predicted octanol–water partition coefficient (Wildman–Crippen LogP) is 3.52. The minimum absolute atomic E-state index is 0.0924. The molecule has 0 saturated carbocycles. The van der Waals surface area contributed by atoms with E-state index in [4.69, 9.17) is 0 Å². The van der Waals surface area contributed by atoms with Crippen LogP contribution in [0, 0.1) is 11.6 Å². The second-order valence-electron chi connectivity index (χ2n) is 4.20. The Kier molecular flexibility index (Phi) is 4.54. The van der Waals surface area contributed by atoms with Crippen molar-refractivity contribution < 1.29 is 30.4 Å². The van der Waals surface area contributed by atoms with Crippen molar-refractivity contribution in [2.75, 3.05) is 0 Å². The van der Waals surface area contributed by atoms with Crippen LogP contribution in [0.3, 0.4) is 0 Å². The first-order valence-electron chi connectivity index (χ1n) is 5.68. The molecule has 1 N–H and O–H groups in total. The van der Waals surface area contributed by atoms with Crippen LogP contribution in [0.4, 0.5) is 22.0 Å². The molecule has 1 heterocycles. The van der Waals surface area contributed by atoms with E-state index in [0.29, 0.717) is 0 Å². The average molecular weight is 357 g/mol. The van der Waals surface area contributed by atoms with Crippen molar-refractivity contribution in [1.29, 1.82) is 0 Å². The standard InChI is InChI=1S/C12H8F5NO2S2/c13-10-3-7(12(15,16)17)4-11(14)9(10)5-18-22(19,20)8-1-2-21-6-8/h1-4,6,18H,5H2. The molecule has 0 fully saturated rings. The average Bonchev–Trinajstić information content (AvgIpc) is 2.90. The molecule has 3 nitrogen and oxygen atoms in total. The Labute approximate surface area is 126 Å². The zero-order valence-corrected chi connectivity index (χ0v) is 12.2. The molecular formula is C12H8F5NO2S2. The Balaban J connectivity index is 2.25. The van der Waals surface area contributed by atoms with E-state index in [0.717, 1.165) is 11.3 Å². The molecule has 0 atom stereocenters. The van der Waals surface area contributed by atoms with Crippen LogP contribution in [0.2, 0.25) is 0 Å². The molecule has 0 amide bonds. The lowest BCUT2D eigenvalue weighted by molar-refractivity contribution is -0.138. The Bertz CT molecular complexity index is 746. The maximum absolute atomic E-state index is 13.6. The van der Waals surface area contributed by atoms with E-state index in [1.807, 2.05) is 4.72 Å². The molecular weight excluding hydrogens is 349 g/mol. The van der Waals surface area contributed by atoms with Crippen molar-refractivity contribution in [3.63, 3.8) is 0 Å². The molecule has 2 aromatic rings. The van der Waals surface area contributed by atoms with Gasteiger partial charge in [-0.05, 0) is 23.6 Å². The van der Waals surface area contributed by atoms with Gasteiger partial charge in [-0.2, -0.15) is 24.5 Å². The zero-order chi connectivity index (χ0) is 16.5. The van der Waals surface area contributed by atoms with Crippen molar-refractivity contribution in [3.05, 3.63) is 51.7 Å². The largest absolute Gasteiger partial charge is 0.416 e. The van der Waals surface area contributed by atoms with Gasteiger partial charge >= 0.3 is 6.18 Å². The summed E-state index contributed by atoms with van der Waals surface area (Å²) in [6.07, 6.45) is -4.89. The monoisotopic (exact) mass is 357 g/mol. The maximum Gasteiger partial charge on any atom is 0.416 e. The highest BCUT2D eigenvalue weighted by Gasteiger charge is 2.32. The minimum atomic E-state index is -4.89. The van der Waals surface area contributed by atoms with Crippen LogP contribution in [-0.2, 0) is 22.7 Å². The summed E-state index contributed by atoms with van der Waals surface area (Å²) < 4.78 is 89.9. The molecule has 0 aliphatic heterocycles. The molecule has 0 radical (unpaired) electrons. The summed E-state index contributed by atoms with van der Waals surface area (Å²) in [7, 11) is -3.98. The fourth-order valence-corrected chi connectivity index (χ4v) is 3.62. The topological polar surface area (TPSA) is 46.2 Å². The van der Waals surface area contributed by atoms with Crippen molar-refractivity contribution in [1.82, 2.24) is 4.72 Å². The lowest BCUT2D eigenvalue weighted by atomic mass is 10.1. The SMILES string of the molecule is O=S(=O)(NCc1c(F)cc(C(F)(F)F)cc1F)c1ccsc1. The second kappa shape index (κ2) is 5.94. The van der Waals surface area contributed by atoms with Gasteiger partial charge in [0, 0.05) is 17.5 Å². The molecule has 0 bridgehead atoms. The smallest absolute Gasteiger partial charge is 0.207 e. The molecule has 0 spiro atoms. The molecule has 1 aromatic heterocycles. The maximum atomic E-state index is 13.6. The summed E-state index contributed by atoms with van der Waals surface area (Å²) in [6, 6.07) is 1.53. The zero-order valence-electron chi connectivity index (χ0n) is 10.6. The van der Waals surface area contributed by atoms with Gasteiger partial charge in [0.1, 0.15) is 11.6 Å². The van der Waals surface area contributed by atoms with Gasteiger partial charge < -0.3 is 0 Å². The van der Waals surface area contributed by atoms with Gasteiger partial charge in [0.2, 0.25) is 10.0 Å². The van der Waals surface area contributed by atoms with Crippen LogP contribution in [0.15, 0.2) is 33.9 Å². The highest BCUT2D eigenvalue weighted by Crippen LogP contribution is 2.31. The fraction of sp³-hybridized carbons (Fsp3) is 0.167. The molecule has 10 heteroatoms. The van der Waals surface area contributed by atoms with Gasteiger partial charge in [0.05, 0.1) is 10.5 Å². The lowest BCUT2D eigenvalue weighted by Gasteiger charge is -2.11. The van der Waals surface area contributed by atoms with Crippen LogP contribution in [-0.4, -0.2) is 8.42 Å². The third-order valence-corrected chi connectivity index (χ3v) is 4.94. The van der Waals surface area contributed by atoms with Gasteiger partial charge in [-0.1, -0.05) is 0 Å². The van der Waals surface area contributed by atoms with Crippen LogP contribution >= 0.6 is 11.3 Å². The third kappa shape index (κ3) is 3.62. The molecule has 0 unspecified atom stereocenters. The fourth-order valence-electron chi connectivity index (χ4n) is 1.59. The summed E-state index contributed by atoms with van der Waals surface area (Å²) in [5, 5.41) is 2.80. The van der Waals surface area contributed by atoms with E-state index in [9.17, 15) is 30.4 Å². The van der Waals surface area contributed by atoms with Crippen LogP contribution in [0.5, 0.6) is 0 Å². The number of hydrogen-bond acceptors (Lipinski definition) is 3. The van der Waals surface area contributed by atoms with Crippen LogP contribution < -0.4 is 4.72 Å². The second-order valence-corrected chi connectivity index (χ2v) is 6.75. The summed E-state index contributed by atoms with van der Waals surface area (Å²) >= 11 is 1.11. The number of alkyl halides is 3. The molecule has 0 saturated heterocycles. The Morgan fingerprint density at radius 3 is 2.18 bits per heavy atom. The number of hydrogen-bond donors (Lipinski definition) is 1. The molecule has 0 aliphatic rings. The van der Waals surface area contributed by atoms with E-state index in [1.165, 1.54) is 16.8 Å². The number of halogens is 5. The Hall–Kier alpha value is -1.52. The van der Waals surface area contributed by atoms with Crippen molar-refractivity contribution in [3.8, 4) is 0 Å². The summed E-state index contributed by atoms with van der Waals surface area (Å²) in [4.78, 5) is -0.0924. The summed E-state index contributed by atoms with van der Waals surface area (Å²) in [5.74, 6) is -2.94. The Morgan fingerprint density at radius 2 is 1.73 bits per heavy atom. The van der Waals surface area contributed by atoms with E-state index in [1.54, 1.807) is 0 Å². The van der Waals surface area contributed by atoms with E-state index < -0.39 is 45.5 Å². The lowest BCUT2D eigenvalue weighted by Crippen LogP contribution is -2.24. The molecule has 1 aromatic carbocycles. The van der Waals surface area contributed by atoms with Gasteiger partial charge in [0.15, 0.2) is 0 Å². The first kappa shape index (κ1) is 16.8. The minimum Gasteiger partial charge on any atom is -0.207 e. The quantitative estimate of drug-likeness (QED) is 0.851. The van der Waals surface area contributed by atoms with Crippen molar-refractivity contribution in [2.24, 2.45) is 0 Å². The van der Waals surface area contributed by atoms with Crippen LogP contribution in [0.1, 0.15) is 11.1 Å². The van der Waals surface area contributed by atoms with Crippen molar-refractivity contribution >= 4 is 21.4 Å². The number of nitrogens with one attached hydrogen (secondary N) is 1. The van der Waals surface area contributed by atoms with Crippen molar-refractivity contribution in [2.45, 2.75) is 17.6 Å². The summed E-state index contributed by atoms with van der Waals surface area (Å²) in [6.45, 7) is -0.798. The highest BCUT2D eigenvalue weighted by atomic mass is 32.2. The van der Waals surface area contributed by atoms with Gasteiger partial charge in [-0.3, -0.25) is 0 Å². The molecule has 22 heavy (non-hydrogen) atoms. The van der Waals surface area contributed by atoms with E-state index >= 15 is 0 Å². The predicted molar refractivity (Wildman–Crippen MR) is 69.7 cm³/mol. The molecule has 0 aliphatic carbocycles. The van der Waals surface area contributed by atoms with Crippen LogP contribution in [0.25, 0.3) is 0 Å². The number of rotatable bonds is 4. The Morgan fingerprint density at radius 1 is 1.14 bits per heavy atom. The third-order valence-electron chi connectivity index (χ3n) is 2.71. The van der Waals surface area contributed by atoms with E-state index in [2.05, 4.69) is 0 Å². The highest BCUT2D eigenvalue weighted by molar-refractivity contribution is 7.89. The van der Waals surface area contributed by atoms with Gasteiger partial charge in [0.25, 0.3) is 0 Å².